The second kappa shape index (κ2) is 15.3. The first-order valence-electron chi connectivity index (χ1n) is 11.4. The minimum Gasteiger partial charge on any atom is -0.0625 e. The van der Waals surface area contributed by atoms with Crippen LogP contribution in [0.15, 0.2) is 0 Å². The van der Waals surface area contributed by atoms with Crippen LogP contribution in [0.4, 0.5) is 0 Å². The van der Waals surface area contributed by atoms with Gasteiger partial charge in [-0.25, -0.2) is 0 Å². The van der Waals surface area contributed by atoms with Gasteiger partial charge in [-0.2, -0.15) is 0 Å². The minimum absolute atomic E-state index is 0. The van der Waals surface area contributed by atoms with Crippen LogP contribution in [0.5, 0.6) is 0 Å². The standard InChI is InChI=1S/3C8H16.Gd/c3*1-7(2)8-5-3-4-6-8;/h3*7-8H,3-6H2,1-2H3;. The van der Waals surface area contributed by atoms with Crippen molar-refractivity contribution < 1.29 is 39.9 Å². The van der Waals surface area contributed by atoms with Gasteiger partial charge in [-0.1, -0.05) is 119 Å². The van der Waals surface area contributed by atoms with Gasteiger partial charge in [0.05, 0.1) is 0 Å². The zero-order chi connectivity index (χ0) is 17.9. The van der Waals surface area contributed by atoms with Crippen molar-refractivity contribution in [2.45, 2.75) is 119 Å². The molecule has 3 saturated carbocycles. The van der Waals surface area contributed by atoms with Crippen molar-refractivity contribution >= 4 is 0 Å². The van der Waals surface area contributed by atoms with Gasteiger partial charge >= 0.3 is 0 Å². The van der Waals surface area contributed by atoms with Crippen LogP contribution >= 0.6 is 0 Å². The van der Waals surface area contributed by atoms with Crippen LogP contribution in [0.2, 0.25) is 0 Å². The van der Waals surface area contributed by atoms with Crippen molar-refractivity contribution in [1.82, 2.24) is 0 Å². The third kappa shape index (κ3) is 11.7. The molecule has 152 valence electrons. The van der Waals surface area contributed by atoms with E-state index >= 15 is 0 Å². The summed E-state index contributed by atoms with van der Waals surface area (Å²) >= 11 is 0. The quantitative estimate of drug-likeness (QED) is 0.370. The van der Waals surface area contributed by atoms with Crippen LogP contribution in [0.1, 0.15) is 119 Å². The van der Waals surface area contributed by atoms with E-state index < -0.39 is 0 Å². The molecule has 0 atom stereocenters. The zero-order valence-electron chi connectivity index (χ0n) is 18.3. The molecule has 0 radical (unpaired) electrons. The molecule has 0 aromatic rings. The first-order chi connectivity index (χ1) is 11.4. The van der Waals surface area contributed by atoms with Gasteiger partial charge in [-0.05, 0) is 35.5 Å². The predicted molar refractivity (Wildman–Crippen MR) is 110 cm³/mol. The van der Waals surface area contributed by atoms with E-state index in [2.05, 4.69) is 41.5 Å². The van der Waals surface area contributed by atoms with Crippen molar-refractivity contribution in [2.24, 2.45) is 35.5 Å². The van der Waals surface area contributed by atoms with Crippen LogP contribution in [-0.4, -0.2) is 0 Å². The fourth-order valence-corrected chi connectivity index (χ4v) is 4.87. The van der Waals surface area contributed by atoms with Crippen molar-refractivity contribution in [3.63, 3.8) is 0 Å². The summed E-state index contributed by atoms with van der Waals surface area (Å²) in [5, 5.41) is 0. The van der Waals surface area contributed by atoms with E-state index in [9.17, 15) is 0 Å². The Bertz CT molecular complexity index is 229. The van der Waals surface area contributed by atoms with E-state index in [0.717, 1.165) is 35.5 Å². The fraction of sp³-hybridized carbons (Fsp3) is 1.00. The van der Waals surface area contributed by atoms with Gasteiger partial charge < -0.3 is 0 Å². The van der Waals surface area contributed by atoms with Crippen molar-refractivity contribution in [3.8, 4) is 0 Å². The Labute approximate surface area is 192 Å². The average Bonchev–Trinajstić information content (AvgIpc) is 3.29. The Morgan fingerprint density at radius 1 is 0.400 bits per heavy atom. The molecule has 0 aromatic carbocycles. The van der Waals surface area contributed by atoms with Gasteiger partial charge in [0, 0.05) is 39.9 Å². The molecule has 0 unspecified atom stereocenters. The van der Waals surface area contributed by atoms with Crippen LogP contribution in [0.3, 0.4) is 0 Å². The minimum atomic E-state index is 0. The third-order valence-electron chi connectivity index (χ3n) is 7.03. The molecule has 0 aromatic heterocycles. The molecule has 0 saturated heterocycles. The van der Waals surface area contributed by atoms with E-state index in [1.165, 1.54) is 77.0 Å². The van der Waals surface area contributed by atoms with E-state index in [4.69, 9.17) is 0 Å². The molecule has 0 amide bonds. The number of hydrogen-bond donors (Lipinski definition) is 0. The topological polar surface area (TPSA) is 0 Å². The van der Waals surface area contributed by atoms with Crippen LogP contribution in [0, 0.1) is 75.4 Å². The second-order valence-corrected chi connectivity index (χ2v) is 9.87. The Hall–Kier alpha value is 1.32. The predicted octanol–water partition coefficient (Wildman–Crippen LogP) is 8.50. The monoisotopic (exact) mass is 494 g/mol. The summed E-state index contributed by atoms with van der Waals surface area (Å²) in [7, 11) is 0. The van der Waals surface area contributed by atoms with E-state index in [-0.39, 0.29) is 39.9 Å². The Balaban J connectivity index is 0.000000339. The summed E-state index contributed by atoms with van der Waals surface area (Å²) < 4.78 is 0. The van der Waals surface area contributed by atoms with Crippen LogP contribution < -0.4 is 0 Å². The molecular weight excluding hydrogens is 446 g/mol. The Morgan fingerprint density at radius 3 is 0.640 bits per heavy atom. The SMILES string of the molecule is CC(C)C1CCCC1.CC(C)C1CCCC1.CC(C)C1CCCC1.[Gd]. The van der Waals surface area contributed by atoms with Crippen LogP contribution in [-0.2, 0) is 0 Å². The molecule has 0 bridgehead atoms. The summed E-state index contributed by atoms with van der Waals surface area (Å²) in [4.78, 5) is 0. The summed E-state index contributed by atoms with van der Waals surface area (Å²) in [6, 6.07) is 0. The van der Waals surface area contributed by atoms with E-state index in [1.807, 2.05) is 0 Å². The maximum atomic E-state index is 2.34. The van der Waals surface area contributed by atoms with Gasteiger partial charge in [0.15, 0.2) is 0 Å². The number of rotatable bonds is 3. The van der Waals surface area contributed by atoms with E-state index in [0.29, 0.717) is 0 Å². The van der Waals surface area contributed by atoms with Gasteiger partial charge in [0.25, 0.3) is 0 Å². The summed E-state index contributed by atoms with van der Waals surface area (Å²) in [6.07, 6.45) is 17.9. The molecule has 25 heavy (non-hydrogen) atoms. The molecule has 3 fully saturated rings. The fourth-order valence-electron chi connectivity index (χ4n) is 4.87. The Morgan fingerprint density at radius 2 is 0.560 bits per heavy atom. The zero-order valence-corrected chi connectivity index (χ0v) is 20.6. The largest absolute Gasteiger partial charge is 0.0625 e. The molecule has 0 N–H and O–H groups in total. The van der Waals surface area contributed by atoms with Gasteiger partial charge in [-0.15, -0.1) is 0 Å². The first kappa shape index (κ1) is 26.3. The summed E-state index contributed by atoms with van der Waals surface area (Å²) in [5.74, 6) is 6.02. The Kier molecular flexibility index (Phi) is 16.1. The molecule has 0 heterocycles. The van der Waals surface area contributed by atoms with Crippen molar-refractivity contribution in [3.05, 3.63) is 0 Å². The van der Waals surface area contributed by atoms with Gasteiger partial charge in [-0.3, -0.25) is 0 Å². The molecule has 0 spiro atoms. The molecule has 3 aliphatic rings. The summed E-state index contributed by atoms with van der Waals surface area (Å²) in [5.41, 5.74) is 0. The second-order valence-electron chi connectivity index (χ2n) is 9.87. The smallest absolute Gasteiger partial charge is 0 e. The molecule has 0 nitrogen and oxygen atoms in total. The number of hydrogen-bond acceptors (Lipinski definition) is 0. The molecular formula is C24H48Gd. The maximum absolute atomic E-state index is 2.34. The van der Waals surface area contributed by atoms with E-state index in [1.54, 1.807) is 0 Å². The maximum Gasteiger partial charge on any atom is 0 e. The molecule has 3 aliphatic carbocycles. The normalized spacial score (nSPS) is 22.0. The average molecular weight is 494 g/mol. The summed E-state index contributed by atoms with van der Waals surface area (Å²) in [6.45, 7) is 14.1. The van der Waals surface area contributed by atoms with Crippen molar-refractivity contribution in [1.29, 1.82) is 0 Å². The van der Waals surface area contributed by atoms with Crippen LogP contribution in [0.25, 0.3) is 0 Å². The molecule has 3 rings (SSSR count). The molecule has 1 heteroatoms. The van der Waals surface area contributed by atoms with Gasteiger partial charge in [0.1, 0.15) is 0 Å². The first-order valence-corrected chi connectivity index (χ1v) is 11.4. The third-order valence-corrected chi connectivity index (χ3v) is 7.03. The van der Waals surface area contributed by atoms with Gasteiger partial charge in [0.2, 0.25) is 0 Å². The molecule has 0 aliphatic heterocycles. The van der Waals surface area contributed by atoms with Crippen molar-refractivity contribution in [2.75, 3.05) is 0 Å².